The highest BCUT2D eigenvalue weighted by atomic mass is 35.5. The highest BCUT2D eigenvalue weighted by Crippen LogP contribution is 2.26. The highest BCUT2D eigenvalue weighted by Gasteiger charge is 2.15. The molecule has 0 bridgehead atoms. The molecule has 5 nitrogen and oxygen atoms in total. The Kier molecular flexibility index (Phi) is 6.70. The van der Waals surface area contributed by atoms with E-state index < -0.39 is 10.0 Å². The Morgan fingerprint density at radius 3 is 2.56 bits per heavy atom. The van der Waals surface area contributed by atoms with Gasteiger partial charge < -0.3 is 9.47 Å². The van der Waals surface area contributed by atoms with Gasteiger partial charge in [-0.05, 0) is 41.8 Å². The van der Waals surface area contributed by atoms with Gasteiger partial charge in [0.25, 0.3) is 0 Å². The molecular weight excluding hydrogens is 362 g/mol. The predicted octanol–water partition coefficient (Wildman–Crippen LogP) is 3.83. The minimum Gasteiger partial charge on any atom is -0.495 e. The standard InChI is InChI=1S/C18H22ClNO4S/c1-13(2)14-5-4-6-15(11-14)24-10-9-20-25(21,22)16-7-8-18(23-3)17(19)12-16/h4-8,11-13,20H,9-10H2,1-3H3. The Morgan fingerprint density at radius 2 is 1.92 bits per heavy atom. The van der Waals surface area contributed by atoms with Gasteiger partial charge >= 0.3 is 0 Å². The first kappa shape index (κ1) is 19.6. The number of nitrogens with one attached hydrogen (secondary N) is 1. The topological polar surface area (TPSA) is 64.6 Å². The number of halogens is 1. The molecule has 0 saturated carbocycles. The van der Waals surface area contributed by atoms with Crippen molar-refractivity contribution in [1.82, 2.24) is 4.72 Å². The summed E-state index contributed by atoms with van der Waals surface area (Å²) >= 11 is 5.98. The van der Waals surface area contributed by atoms with E-state index in [4.69, 9.17) is 21.1 Å². The molecule has 0 saturated heterocycles. The number of hydrogen-bond donors (Lipinski definition) is 1. The lowest BCUT2D eigenvalue weighted by Gasteiger charge is -2.11. The third kappa shape index (κ3) is 5.36. The zero-order chi connectivity index (χ0) is 18.4. The van der Waals surface area contributed by atoms with Crippen LogP contribution in [0.3, 0.4) is 0 Å². The summed E-state index contributed by atoms with van der Waals surface area (Å²) in [6.45, 7) is 4.59. The number of methoxy groups -OCH3 is 1. The number of benzene rings is 2. The van der Waals surface area contributed by atoms with E-state index in [9.17, 15) is 8.42 Å². The first-order valence-electron chi connectivity index (χ1n) is 7.89. The lowest BCUT2D eigenvalue weighted by molar-refractivity contribution is 0.322. The molecule has 0 radical (unpaired) electrons. The molecule has 0 aliphatic heterocycles. The summed E-state index contributed by atoms with van der Waals surface area (Å²) in [5, 5.41) is 0.243. The average Bonchev–Trinajstić information content (AvgIpc) is 2.59. The van der Waals surface area contributed by atoms with Crippen molar-refractivity contribution < 1.29 is 17.9 Å². The lowest BCUT2D eigenvalue weighted by Crippen LogP contribution is -2.28. The second-order valence-corrected chi connectivity index (χ2v) is 7.94. The fourth-order valence-electron chi connectivity index (χ4n) is 2.21. The molecule has 2 aromatic carbocycles. The number of ether oxygens (including phenoxy) is 2. The summed E-state index contributed by atoms with van der Waals surface area (Å²) in [5.41, 5.74) is 1.17. The van der Waals surface area contributed by atoms with Crippen molar-refractivity contribution in [3.05, 3.63) is 53.1 Å². The first-order valence-corrected chi connectivity index (χ1v) is 9.75. The van der Waals surface area contributed by atoms with Crippen LogP contribution in [0.5, 0.6) is 11.5 Å². The van der Waals surface area contributed by atoms with Crippen molar-refractivity contribution in [2.45, 2.75) is 24.7 Å². The maximum atomic E-state index is 12.3. The zero-order valence-electron chi connectivity index (χ0n) is 14.5. The Morgan fingerprint density at radius 1 is 1.16 bits per heavy atom. The minimum absolute atomic E-state index is 0.0834. The summed E-state index contributed by atoms with van der Waals surface area (Å²) in [6.07, 6.45) is 0. The van der Waals surface area contributed by atoms with E-state index in [0.29, 0.717) is 11.7 Å². The van der Waals surface area contributed by atoms with Crippen LogP contribution in [-0.4, -0.2) is 28.7 Å². The summed E-state index contributed by atoms with van der Waals surface area (Å²) in [5.74, 6) is 1.55. The van der Waals surface area contributed by atoms with E-state index >= 15 is 0 Å². The second kappa shape index (κ2) is 8.56. The Hall–Kier alpha value is -1.76. The third-order valence-corrected chi connectivity index (χ3v) is 5.38. The first-order chi connectivity index (χ1) is 11.8. The van der Waals surface area contributed by atoms with E-state index in [1.165, 1.54) is 30.9 Å². The van der Waals surface area contributed by atoms with Gasteiger partial charge in [0, 0.05) is 6.54 Å². The molecule has 0 aromatic heterocycles. The molecule has 1 N–H and O–H groups in total. The number of sulfonamides is 1. The van der Waals surface area contributed by atoms with Gasteiger partial charge in [-0.15, -0.1) is 0 Å². The van der Waals surface area contributed by atoms with Crippen LogP contribution in [0.1, 0.15) is 25.3 Å². The van der Waals surface area contributed by atoms with E-state index in [1.807, 2.05) is 24.3 Å². The smallest absolute Gasteiger partial charge is 0.240 e. The predicted molar refractivity (Wildman–Crippen MR) is 99.2 cm³/mol. The molecule has 2 aromatic rings. The summed E-state index contributed by atoms with van der Waals surface area (Å²) in [7, 11) is -2.18. The van der Waals surface area contributed by atoms with E-state index in [2.05, 4.69) is 18.6 Å². The molecule has 136 valence electrons. The van der Waals surface area contributed by atoms with Crippen LogP contribution in [0.4, 0.5) is 0 Å². The van der Waals surface area contributed by atoms with Gasteiger partial charge in [0.2, 0.25) is 10.0 Å². The number of hydrogen-bond acceptors (Lipinski definition) is 4. The van der Waals surface area contributed by atoms with E-state index in [0.717, 1.165) is 5.75 Å². The Balaban J connectivity index is 1.92. The number of rotatable bonds is 8. The third-order valence-electron chi connectivity index (χ3n) is 3.62. The summed E-state index contributed by atoms with van der Waals surface area (Å²) in [6, 6.07) is 12.1. The monoisotopic (exact) mass is 383 g/mol. The van der Waals surface area contributed by atoms with Crippen molar-refractivity contribution in [2.24, 2.45) is 0 Å². The van der Waals surface area contributed by atoms with Crippen LogP contribution in [0.25, 0.3) is 0 Å². The van der Waals surface area contributed by atoms with Gasteiger partial charge in [0.15, 0.2) is 0 Å². The molecule has 0 aliphatic carbocycles. The molecule has 7 heteroatoms. The quantitative estimate of drug-likeness (QED) is 0.703. The maximum Gasteiger partial charge on any atom is 0.240 e. The highest BCUT2D eigenvalue weighted by molar-refractivity contribution is 7.89. The molecule has 0 fully saturated rings. The Labute approximate surface area is 154 Å². The minimum atomic E-state index is -3.65. The molecule has 0 spiro atoms. The molecule has 2 rings (SSSR count). The van der Waals surface area contributed by atoms with Gasteiger partial charge in [-0.2, -0.15) is 0 Å². The molecule has 0 atom stereocenters. The normalized spacial score (nSPS) is 11.6. The van der Waals surface area contributed by atoms with Crippen LogP contribution < -0.4 is 14.2 Å². The molecule has 0 unspecified atom stereocenters. The fourth-order valence-corrected chi connectivity index (χ4v) is 3.57. The SMILES string of the molecule is COc1ccc(S(=O)(=O)NCCOc2cccc(C(C)C)c2)cc1Cl. The van der Waals surface area contributed by atoms with Crippen molar-refractivity contribution in [1.29, 1.82) is 0 Å². The van der Waals surface area contributed by atoms with Crippen LogP contribution >= 0.6 is 11.6 Å². The fraction of sp³-hybridized carbons (Fsp3) is 0.333. The Bertz CT molecular complexity index is 822. The van der Waals surface area contributed by atoms with Gasteiger partial charge in [-0.25, -0.2) is 13.1 Å². The molecule has 0 heterocycles. The van der Waals surface area contributed by atoms with Crippen LogP contribution in [-0.2, 0) is 10.0 Å². The summed E-state index contributed by atoms with van der Waals surface area (Å²) in [4.78, 5) is 0.0834. The van der Waals surface area contributed by atoms with Crippen LogP contribution in [0.2, 0.25) is 5.02 Å². The zero-order valence-corrected chi connectivity index (χ0v) is 16.0. The largest absolute Gasteiger partial charge is 0.495 e. The lowest BCUT2D eigenvalue weighted by atomic mass is 10.0. The summed E-state index contributed by atoms with van der Waals surface area (Å²) < 4.78 is 37.7. The van der Waals surface area contributed by atoms with Gasteiger partial charge in [0.05, 0.1) is 17.0 Å². The van der Waals surface area contributed by atoms with Crippen molar-refractivity contribution in [3.63, 3.8) is 0 Å². The van der Waals surface area contributed by atoms with Gasteiger partial charge in [-0.1, -0.05) is 37.6 Å². The van der Waals surface area contributed by atoms with Crippen LogP contribution in [0, 0.1) is 0 Å². The van der Waals surface area contributed by atoms with Crippen molar-refractivity contribution in [3.8, 4) is 11.5 Å². The van der Waals surface area contributed by atoms with Crippen molar-refractivity contribution >= 4 is 21.6 Å². The second-order valence-electron chi connectivity index (χ2n) is 5.77. The molecule has 0 aliphatic rings. The maximum absolute atomic E-state index is 12.3. The molecular formula is C18H22ClNO4S. The molecule has 0 amide bonds. The average molecular weight is 384 g/mol. The van der Waals surface area contributed by atoms with Crippen LogP contribution in [0.15, 0.2) is 47.4 Å². The van der Waals surface area contributed by atoms with Crippen molar-refractivity contribution in [2.75, 3.05) is 20.3 Å². The van der Waals surface area contributed by atoms with E-state index in [-0.39, 0.29) is 23.1 Å². The van der Waals surface area contributed by atoms with Gasteiger partial charge in [0.1, 0.15) is 18.1 Å². The van der Waals surface area contributed by atoms with E-state index in [1.54, 1.807) is 0 Å². The van der Waals surface area contributed by atoms with Gasteiger partial charge in [-0.3, -0.25) is 0 Å². The molecule has 25 heavy (non-hydrogen) atoms.